The first kappa shape index (κ1) is 17.0. The maximum Gasteiger partial charge on any atom is 0.137 e. The number of hydrogen-bond donors (Lipinski definition) is 0. The first-order valence-corrected chi connectivity index (χ1v) is 8.76. The Kier molecular flexibility index (Phi) is 5.48. The molecule has 0 amide bonds. The Labute approximate surface area is 131 Å². The van der Waals surface area contributed by atoms with Gasteiger partial charge in [0.1, 0.15) is 5.78 Å². The fraction of sp³-hybridized carbons (Fsp3) is 0.944. The van der Waals surface area contributed by atoms with Crippen LogP contribution >= 0.6 is 0 Å². The number of carbonyl (C=O) groups excluding carboxylic acids is 1. The van der Waals surface area contributed by atoms with E-state index in [2.05, 4.69) is 44.4 Å². The lowest BCUT2D eigenvalue weighted by Crippen LogP contribution is -2.51. The summed E-state index contributed by atoms with van der Waals surface area (Å²) in [7, 11) is 0. The third kappa shape index (κ3) is 4.53. The van der Waals surface area contributed by atoms with Crippen molar-refractivity contribution in [2.24, 2.45) is 17.3 Å². The average molecular weight is 294 g/mol. The molecule has 1 aliphatic heterocycles. The van der Waals surface area contributed by atoms with Gasteiger partial charge in [-0.25, -0.2) is 0 Å². The SMILES string of the molecule is CC(C)N1CCN(CC2CC(C(C)(C)C)CCC2=O)CC1. The Bertz CT molecular complexity index is 351. The maximum absolute atomic E-state index is 12.3. The van der Waals surface area contributed by atoms with Gasteiger partial charge in [0.2, 0.25) is 0 Å². The highest BCUT2D eigenvalue weighted by Crippen LogP contribution is 2.39. The summed E-state index contributed by atoms with van der Waals surface area (Å²) in [5, 5.41) is 0. The second-order valence-electron chi connectivity index (χ2n) is 8.43. The van der Waals surface area contributed by atoms with E-state index in [-0.39, 0.29) is 5.92 Å². The number of ketones is 1. The molecule has 122 valence electrons. The first-order chi connectivity index (χ1) is 9.77. The van der Waals surface area contributed by atoms with Gasteiger partial charge in [-0.3, -0.25) is 9.69 Å². The molecule has 2 atom stereocenters. The van der Waals surface area contributed by atoms with Crippen LogP contribution in [-0.4, -0.2) is 54.3 Å². The summed E-state index contributed by atoms with van der Waals surface area (Å²) >= 11 is 0. The van der Waals surface area contributed by atoms with Crippen molar-refractivity contribution in [3.05, 3.63) is 0 Å². The molecule has 2 aliphatic rings. The van der Waals surface area contributed by atoms with E-state index >= 15 is 0 Å². The molecular weight excluding hydrogens is 260 g/mol. The average Bonchev–Trinajstić information content (AvgIpc) is 2.40. The van der Waals surface area contributed by atoms with E-state index in [1.54, 1.807) is 0 Å². The van der Waals surface area contributed by atoms with Crippen LogP contribution in [0.3, 0.4) is 0 Å². The largest absolute Gasteiger partial charge is 0.300 e. The second kappa shape index (κ2) is 6.78. The van der Waals surface area contributed by atoms with E-state index in [1.807, 2.05) is 0 Å². The van der Waals surface area contributed by atoms with Gasteiger partial charge in [-0.15, -0.1) is 0 Å². The van der Waals surface area contributed by atoms with Crippen LogP contribution in [0.15, 0.2) is 0 Å². The predicted octanol–water partition coefficient (Wildman–Crippen LogP) is 3.04. The number of carbonyl (C=O) groups is 1. The summed E-state index contributed by atoms with van der Waals surface area (Å²) in [5.74, 6) is 1.51. The molecule has 2 fully saturated rings. The molecule has 1 saturated carbocycles. The molecule has 0 N–H and O–H groups in total. The highest BCUT2D eigenvalue weighted by molar-refractivity contribution is 5.82. The quantitative estimate of drug-likeness (QED) is 0.799. The minimum Gasteiger partial charge on any atom is -0.300 e. The van der Waals surface area contributed by atoms with Gasteiger partial charge in [-0.05, 0) is 38.0 Å². The normalized spacial score (nSPS) is 30.1. The lowest BCUT2D eigenvalue weighted by Gasteiger charge is -2.41. The first-order valence-electron chi connectivity index (χ1n) is 8.76. The van der Waals surface area contributed by atoms with Crippen LogP contribution in [0.4, 0.5) is 0 Å². The Morgan fingerprint density at radius 2 is 1.76 bits per heavy atom. The highest BCUT2D eigenvalue weighted by Gasteiger charge is 2.35. The minimum absolute atomic E-state index is 0.286. The molecule has 3 nitrogen and oxygen atoms in total. The van der Waals surface area contributed by atoms with Crippen LogP contribution in [0.5, 0.6) is 0 Å². The van der Waals surface area contributed by atoms with Crippen molar-refractivity contribution in [3.63, 3.8) is 0 Å². The van der Waals surface area contributed by atoms with Crippen molar-refractivity contribution >= 4 is 5.78 Å². The summed E-state index contributed by atoms with van der Waals surface area (Å²) in [5.41, 5.74) is 0.343. The van der Waals surface area contributed by atoms with Crippen molar-refractivity contribution < 1.29 is 4.79 Å². The zero-order valence-corrected chi connectivity index (χ0v) is 14.7. The smallest absolute Gasteiger partial charge is 0.137 e. The van der Waals surface area contributed by atoms with Gasteiger partial charge in [-0.1, -0.05) is 20.8 Å². The van der Waals surface area contributed by atoms with Gasteiger partial charge in [0.05, 0.1) is 0 Å². The Hall–Kier alpha value is -0.410. The zero-order valence-electron chi connectivity index (χ0n) is 14.7. The number of hydrogen-bond acceptors (Lipinski definition) is 3. The molecule has 0 aromatic heterocycles. The van der Waals surface area contributed by atoms with E-state index in [0.29, 0.717) is 23.2 Å². The topological polar surface area (TPSA) is 23.6 Å². The van der Waals surface area contributed by atoms with E-state index in [1.165, 1.54) is 0 Å². The Balaban J connectivity index is 1.85. The molecule has 2 rings (SSSR count). The van der Waals surface area contributed by atoms with Gasteiger partial charge in [-0.2, -0.15) is 0 Å². The summed E-state index contributed by atoms with van der Waals surface area (Å²) in [4.78, 5) is 17.3. The maximum atomic E-state index is 12.3. The van der Waals surface area contributed by atoms with E-state index in [0.717, 1.165) is 52.0 Å². The summed E-state index contributed by atoms with van der Waals surface area (Å²) in [6, 6.07) is 0.647. The van der Waals surface area contributed by atoms with Gasteiger partial charge in [0.15, 0.2) is 0 Å². The van der Waals surface area contributed by atoms with E-state index in [9.17, 15) is 4.79 Å². The highest BCUT2D eigenvalue weighted by atomic mass is 16.1. The van der Waals surface area contributed by atoms with Crippen LogP contribution < -0.4 is 0 Å². The number of nitrogens with zero attached hydrogens (tertiary/aromatic N) is 2. The summed E-state index contributed by atoms with van der Waals surface area (Å²) < 4.78 is 0. The third-order valence-corrected chi connectivity index (χ3v) is 5.60. The van der Waals surface area contributed by atoms with E-state index < -0.39 is 0 Å². The van der Waals surface area contributed by atoms with Gasteiger partial charge >= 0.3 is 0 Å². The summed E-state index contributed by atoms with van der Waals surface area (Å²) in [6.07, 6.45) is 3.01. The van der Waals surface area contributed by atoms with Crippen LogP contribution in [0.2, 0.25) is 0 Å². The lowest BCUT2D eigenvalue weighted by molar-refractivity contribution is -0.127. The molecule has 0 aromatic rings. The van der Waals surface area contributed by atoms with Crippen molar-refractivity contribution in [1.82, 2.24) is 9.80 Å². The standard InChI is InChI=1S/C18H34N2O/c1-14(2)20-10-8-19(9-11-20)13-15-12-16(18(3,4)5)6-7-17(15)21/h14-16H,6-13H2,1-5H3. The Morgan fingerprint density at radius 1 is 1.14 bits per heavy atom. The number of Topliss-reactive ketones (excluding diaryl/α,β-unsaturated/α-hetero) is 1. The molecule has 3 heteroatoms. The van der Waals surface area contributed by atoms with Crippen LogP contribution in [0.1, 0.15) is 53.9 Å². The molecule has 1 heterocycles. The summed E-state index contributed by atoms with van der Waals surface area (Å²) in [6.45, 7) is 17.1. The molecule has 0 bridgehead atoms. The Morgan fingerprint density at radius 3 is 2.29 bits per heavy atom. The molecule has 1 saturated heterocycles. The molecule has 2 unspecified atom stereocenters. The van der Waals surface area contributed by atoms with Crippen molar-refractivity contribution in [2.45, 2.75) is 59.9 Å². The van der Waals surface area contributed by atoms with Crippen molar-refractivity contribution in [1.29, 1.82) is 0 Å². The van der Waals surface area contributed by atoms with Crippen molar-refractivity contribution in [3.8, 4) is 0 Å². The zero-order chi connectivity index (χ0) is 15.6. The predicted molar refractivity (Wildman–Crippen MR) is 88.4 cm³/mol. The molecule has 21 heavy (non-hydrogen) atoms. The van der Waals surface area contributed by atoms with Crippen LogP contribution in [0.25, 0.3) is 0 Å². The fourth-order valence-corrected chi connectivity index (χ4v) is 3.85. The lowest BCUT2D eigenvalue weighted by atomic mass is 9.68. The van der Waals surface area contributed by atoms with Crippen LogP contribution in [0, 0.1) is 17.3 Å². The van der Waals surface area contributed by atoms with E-state index in [4.69, 9.17) is 0 Å². The third-order valence-electron chi connectivity index (χ3n) is 5.60. The van der Waals surface area contributed by atoms with Gasteiger partial charge in [0, 0.05) is 51.1 Å². The molecule has 0 radical (unpaired) electrons. The van der Waals surface area contributed by atoms with Gasteiger partial charge in [0.25, 0.3) is 0 Å². The van der Waals surface area contributed by atoms with Crippen molar-refractivity contribution in [2.75, 3.05) is 32.7 Å². The fourth-order valence-electron chi connectivity index (χ4n) is 3.85. The molecule has 1 aliphatic carbocycles. The molecule has 0 spiro atoms. The van der Waals surface area contributed by atoms with Crippen LogP contribution in [-0.2, 0) is 4.79 Å². The number of piperazine rings is 1. The monoisotopic (exact) mass is 294 g/mol. The molecular formula is C18H34N2O. The molecule has 0 aromatic carbocycles. The minimum atomic E-state index is 0.286. The van der Waals surface area contributed by atoms with Gasteiger partial charge < -0.3 is 4.90 Å². The number of rotatable bonds is 3. The second-order valence-corrected chi connectivity index (χ2v) is 8.43.